The average Bonchev–Trinajstić information content (AvgIpc) is 2.62. The van der Waals surface area contributed by atoms with Gasteiger partial charge in [-0.3, -0.25) is 0 Å². The van der Waals surface area contributed by atoms with Crippen molar-refractivity contribution in [2.75, 3.05) is 0 Å². The third kappa shape index (κ3) is 0.874. The summed E-state index contributed by atoms with van der Waals surface area (Å²) in [6.07, 6.45) is 0. The van der Waals surface area contributed by atoms with Gasteiger partial charge in [0.05, 0.1) is 10.2 Å². The van der Waals surface area contributed by atoms with Crippen molar-refractivity contribution in [3.8, 4) is 0 Å². The van der Waals surface area contributed by atoms with E-state index in [2.05, 4.69) is 34.6 Å². The van der Waals surface area contributed by atoms with Crippen LogP contribution in [0.15, 0.2) is 18.2 Å². The second-order valence-corrected chi connectivity index (χ2v) is 3.96. The zero-order valence-electron chi connectivity index (χ0n) is 6.93. The molecule has 64 valence electrons. The van der Waals surface area contributed by atoms with Crippen molar-refractivity contribution in [1.82, 2.24) is 20.0 Å². The fourth-order valence-electron chi connectivity index (χ4n) is 1.37. The summed E-state index contributed by atoms with van der Waals surface area (Å²) in [7, 11) is 0. The number of rotatable bonds is 0. The van der Waals surface area contributed by atoms with Crippen LogP contribution in [0, 0.1) is 6.92 Å². The Balaban J connectivity index is 2.59. The lowest BCUT2D eigenvalue weighted by Gasteiger charge is -1.90. The maximum absolute atomic E-state index is 3.91. The largest absolute Gasteiger partial charge is 0.235 e. The summed E-state index contributed by atoms with van der Waals surface area (Å²) in [5.74, 6) is 0. The summed E-state index contributed by atoms with van der Waals surface area (Å²) in [5, 5.41) is 11.4. The number of fused-ring (bicyclic) bond motifs is 3. The van der Waals surface area contributed by atoms with Crippen LogP contribution in [0.5, 0.6) is 0 Å². The van der Waals surface area contributed by atoms with Crippen molar-refractivity contribution in [2.45, 2.75) is 6.92 Å². The van der Waals surface area contributed by atoms with Crippen LogP contribution in [0.2, 0.25) is 0 Å². The molecule has 13 heavy (non-hydrogen) atoms. The van der Waals surface area contributed by atoms with E-state index in [0.717, 1.165) is 10.5 Å². The molecule has 4 nitrogen and oxygen atoms in total. The highest BCUT2D eigenvalue weighted by Gasteiger charge is 2.06. The van der Waals surface area contributed by atoms with Gasteiger partial charge >= 0.3 is 0 Å². The molecule has 0 aliphatic heterocycles. The van der Waals surface area contributed by atoms with Gasteiger partial charge in [-0.15, -0.1) is 0 Å². The standard InChI is InChI=1S/C8H6N4S/c1-5-2-3-6-7(4-5)13-8-9-10-11-12(6)8/h2-4H,1H3. The van der Waals surface area contributed by atoms with Crippen LogP contribution in [0.3, 0.4) is 0 Å². The van der Waals surface area contributed by atoms with Crippen LogP contribution in [-0.4, -0.2) is 20.0 Å². The van der Waals surface area contributed by atoms with Gasteiger partial charge in [-0.25, -0.2) is 0 Å². The lowest BCUT2D eigenvalue weighted by molar-refractivity contribution is 0.843. The van der Waals surface area contributed by atoms with Crippen molar-refractivity contribution in [1.29, 1.82) is 0 Å². The number of nitrogens with zero attached hydrogens (tertiary/aromatic N) is 4. The number of aryl methyl sites for hydroxylation is 1. The van der Waals surface area contributed by atoms with Gasteiger partial charge in [0.1, 0.15) is 0 Å². The highest BCUT2D eigenvalue weighted by molar-refractivity contribution is 7.23. The summed E-state index contributed by atoms with van der Waals surface area (Å²) in [5.41, 5.74) is 2.33. The molecule has 0 bridgehead atoms. The van der Waals surface area contributed by atoms with Gasteiger partial charge in [-0.2, -0.15) is 4.52 Å². The number of tetrazole rings is 1. The van der Waals surface area contributed by atoms with Crippen LogP contribution in [0.4, 0.5) is 0 Å². The molecule has 0 fully saturated rings. The van der Waals surface area contributed by atoms with Gasteiger partial charge in [-0.05, 0) is 35.0 Å². The smallest absolute Gasteiger partial charge is 0.183 e. The molecule has 0 aliphatic rings. The van der Waals surface area contributed by atoms with Crippen LogP contribution < -0.4 is 0 Å². The number of thiazole rings is 1. The Morgan fingerprint density at radius 1 is 1.38 bits per heavy atom. The molecule has 0 spiro atoms. The topological polar surface area (TPSA) is 43.1 Å². The zero-order valence-corrected chi connectivity index (χ0v) is 7.75. The Kier molecular flexibility index (Phi) is 1.21. The molecule has 0 radical (unpaired) electrons. The molecule has 5 heteroatoms. The fraction of sp³-hybridized carbons (Fsp3) is 0.125. The fourth-order valence-corrected chi connectivity index (χ4v) is 2.37. The van der Waals surface area contributed by atoms with Crippen LogP contribution in [0.1, 0.15) is 5.56 Å². The Bertz CT molecular complexity index is 580. The molecule has 0 amide bonds. The molecule has 0 unspecified atom stereocenters. The summed E-state index contributed by atoms with van der Waals surface area (Å²) in [6.45, 7) is 2.08. The number of benzene rings is 1. The Morgan fingerprint density at radius 2 is 2.31 bits per heavy atom. The van der Waals surface area contributed by atoms with Gasteiger partial charge in [0, 0.05) is 0 Å². The summed E-state index contributed by atoms with van der Waals surface area (Å²) < 4.78 is 2.97. The molecular formula is C8H6N4S. The molecule has 2 aromatic heterocycles. The quantitative estimate of drug-likeness (QED) is 0.541. The number of aromatic nitrogens is 4. The summed E-state index contributed by atoms with van der Waals surface area (Å²) in [4.78, 5) is 0.848. The lowest BCUT2D eigenvalue weighted by Crippen LogP contribution is -1.83. The average molecular weight is 190 g/mol. The molecular weight excluding hydrogens is 184 g/mol. The molecule has 0 saturated carbocycles. The number of hydrogen-bond donors (Lipinski definition) is 0. The van der Waals surface area contributed by atoms with E-state index in [1.54, 1.807) is 15.9 Å². The van der Waals surface area contributed by atoms with E-state index in [1.165, 1.54) is 10.3 Å². The third-order valence-electron chi connectivity index (χ3n) is 1.99. The normalized spacial score (nSPS) is 11.5. The van der Waals surface area contributed by atoms with Crippen LogP contribution >= 0.6 is 11.3 Å². The van der Waals surface area contributed by atoms with Gasteiger partial charge < -0.3 is 0 Å². The van der Waals surface area contributed by atoms with Crippen molar-refractivity contribution in [3.63, 3.8) is 0 Å². The molecule has 3 aromatic rings. The Hall–Kier alpha value is -1.49. The minimum atomic E-state index is 0.848. The molecule has 0 atom stereocenters. The van der Waals surface area contributed by atoms with E-state index < -0.39 is 0 Å². The van der Waals surface area contributed by atoms with E-state index in [0.29, 0.717) is 0 Å². The molecule has 2 heterocycles. The van der Waals surface area contributed by atoms with Gasteiger partial charge in [-0.1, -0.05) is 22.5 Å². The van der Waals surface area contributed by atoms with E-state index in [4.69, 9.17) is 0 Å². The molecule has 0 saturated heterocycles. The van der Waals surface area contributed by atoms with Gasteiger partial charge in [0.15, 0.2) is 0 Å². The molecule has 0 aliphatic carbocycles. The third-order valence-corrected chi connectivity index (χ3v) is 2.97. The first-order chi connectivity index (χ1) is 6.34. The highest BCUT2D eigenvalue weighted by Crippen LogP contribution is 2.24. The van der Waals surface area contributed by atoms with E-state index in [1.807, 2.05) is 6.07 Å². The SMILES string of the molecule is Cc1ccc2c(c1)sc1nnnn12. The first-order valence-electron chi connectivity index (χ1n) is 3.92. The predicted molar refractivity (Wildman–Crippen MR) is 50.9 cm³/mol. The first-order valence-corrected chi connectivity index (χ1v) is 4.73. The van der Waals surface area contributed by atoms with Crippen molar-refractivity contribution < 1.29 is 0 Å². The first kappa shape index (κ1) is 6.97. The van der Waals surface area contributed by atoms with Crippen LogP contribution in [0.25, 0.3) is 15.2 Å². The molecule has 1 aromatic carbocycles. The molecule has 0 N–H and O–H groups in total. The zero-order chi connectivity index (χ0) is 8.84. The second-order valence-electron chi connectivity index (χ2n) is 2.95. The Labute approximate surface area is 77.8 Å². The van der Waals surface area contributed by atoms with E-state index >= 15 is 0 Å². The summed E-state index contributed by atoms with van der Waals surface area (Å²) in [6, 6.07) is 6.25. The van der Waals surface area contributed by atoms with Gasteiger partial charge in [0.25, 0.3) is 0 Å². The number of hydrogen-bond acceptors (Lipinski definition) is 4. The second kappa shape index (κ2) is 2.26. The maximum Gasteiger partial charge on any atom is 0.235 e. The molecule has 3 rings (SSSR count). The summed E-state index contributed by atoms with van der Waals surface area (Å²) >= 11 is 1.61. The highest BCUT2D eigenvalue weighted by atomic mass is 32.1. The predicted octanol–water partition coefficient (Wildman–Crippen LogP) is 1.65. The van der Waals surface area contributed by atoms with E-state index in [9.17, 15) is 0 Å². The van der Waals surface area contributed by atoms with Crippen LogP contribution in [-0.2, 0) is 0 Å². The maximum atomic E-state index is 3.91. The van der Waals surface area contributed by atoms with Crippen molar-refractivity contribution in [2.24, 2.45) is 0 Å². The monoisotopic (exact) mass is 190 g/mol. The minimum absolute atomic E-state index is 0.848. The van der Waals surface area contributed by atoms with Crippen molar-refractivity contribution in [3.05, 3.63) is 23.8 Å². The lowest BCUT2D eigenvalue weighted by atomic mass is 10.2. The minimum Gasteiger partial charge on any atom is -0.183 e. The van der Waals surface area contributed by atoms with E-state index in [-0.39, 0.29) is 0 Å². The Morgan fingerprint density at radius 3 is 3.23 bits per heavy atom. The van der Waals surface area contributed by atoms with Gasteiger partial charge in [0.2, 0.25) is 4.96 Å². The van der Waals surface area contributed by atoms with Crippen molar-refractivity contribution >= 4 is 26.5 Å².